The number of unbranched alkanes of at least 4 members (excludes halogenated alkanes) is 3. The Hall–Kier alpha value is 0. The Morgan fingerprint density at radius 2 is 1.50 bits per heavy atom. The van der Waals surface area contributed by atoms with Gasteiger partial charge in [0.05, 0.1) is 0 Å². The van der Waals surface area contributed by atoms with Crippen LogP contribution in [0.5, 0.6) is 0 Å². The molecule has 0 aromatic heterocycles. The minimum Gasteiger partial charge on any atom is -0.0654 e. The summed E-state index contributed by atoms with van der Waals surface area (Å²) in [4.78, 5) is 0. The third kappa shape index (κ3) is 6.81. The maximum atomic E-state index is 2.54. The molecule has 0 rings (SSSR count). The summed E-state index contributed by atoms with van der Waals surface area (Å²) in [6.07, 6.45) is 12.7. The summed E-state index contributed by atoms with van der Waals surface area (Å²) in [5.74, 6) is 1.78. The summed E-state index contributed by atoms with van der Waals surface area (Å²) in [6.45, 7) is 14.4. The Kier molecular flexibility index (Phi) is 9.87. The summed E-state index contributed by atoms with van der Waals surface area (Å²) in [5.41, 5.74) is 0.573. The molecule has 0 saturated heterocycles. The van der Waals surface area contributed by atoms with Gasteiger partial charge in [-0.15, -0.1) is 0 Å². The summed E-state index contributed by atoms with van der Waals surface area (Å²) in [5, 5.41) is 0. The maximum absolute atomic E-state index is 2.54. The third-order valence-corrected chi connectivity index (χ3v) is 5.04. The van der Waals surface area contributed by atoms with Crippen molar-refractivity contribution in [3.05, 3.63) is 0 Å². The first-order chi connectivity index (χ1) is 8.50. The molecule has 0 radical (unpaired) electrons. The highest BCUT2D eigenvalue weighted by Crippen LogP contribution is 2.41. The Morgan fingerprint density at radius 3 is 1.94 bits per heavy atom. The van der Waals surface area contributed by atoms with E-state index in [0.717, 1.165) is 11.8 Å². The monoisotopic (exact) mass is 254 g/mol. The van der Waals surface area contributed by atoms with Crippen LogP contribution in [0.25, 0.3) is 0 Å². The molecule has 0 aromatic rings. The van der Waals surface area contributed by atoms with E-state index in [2.05, 4.69) is 41.5 Å². The van der Waals surface area contributed by atoms with Crippen molar-refractivity contribution in [2.75, 3.05) is 0 Å². The standard InChI is InChI=1S/C18H38/c1-7-10-12-14-18(6,16(4)5)15-17(9-3)13-11-8-2/h16-17H,7-15H2,1-6H3. The molecule has 0 nitrogen and oxygen atoms in total. The Morgan fingerprint density at radius 1 is 0.889 bits per heavy atom. The lowest BCUT2D eigenvalue weighted by Crippen LogP contribution is -2.27. The molecular formula is C18H38. The highest BCUT2D eigenvalue weighted by Gasteiger charge is 2.30. The fourth-order valence-corrected chi connectivity index (χ4v) is 3.01. The highest BCUT2D eigenvalue weighted by molar-refractivity contribution is 4.80. The topological polar surface area (TPSA) is 0 Å². The SMILES string of the molecule is CCCCCC(C)(CC(CC)CCCC)C(C)C. The van der Waals surface area contributed by atoms with Crippen molar-refractivity contribution in [2.45, 2.75) is 99.3 Å². The van der Waals surface area contributed by atoms with Gasteiger partial charge in [-0.1, -0.05) is 86.5 Å². The molecule has 0 saturated carbocycles. The van der Waals surface area contributed by atoms with Gasteiger partial charge in [0.1, 0.15) is 0 Å². The van der Waals surface area contributed by atoms with Crippen molar-refractivity contribution in [2.24, 2.45) is 17.3 Å². The van der Waals surface area contributed by atoms with Crippen molar-refractivity contribution in [3.8, 4) is 0 Å². The van der Waals surface area contributed by atoms with Gasteiger partial charge in [0.2, 0.25) is 0 Å². The lowest BCUT2D eigenvalue weighted by molar-refractivity contribution is 0.136. The summed E-state index contributed by atoms with van der Waals surface area (Å²) < 4.78 is 0. The van der Waals surface area contributed by atoms with Gasteiger partial charge in [0.25, 0.3) is 0 Å². The average Bonchev–Trinajstić information content (AvgIpc) is 2.34. The van der Waals surface area contributed by atoms with Crippen LogP contribution in [0.2, 0.25) is 0 Å². The van der Waals surface area contributed by atoms with Crippen LogP contribution in [0.3, 0.4) is 0 Å². The molecule has 0 spiro atoms. The zero-order valence-electron chi connectivity index (χ0n) is 14.0. The Balaban J connectivity index is 4.36. The number of hydrogen-bond acceptors (Lipinski definition) is 0. The van der Waals surface area contributed by atoms with Gasteiger partial charge >= 0.3 is 0 Å². The van der Waals surface area contributed by atoms with Crippen molar-refractivity contribution >= 4 is 0 Å². The quantitative estimate of drug-likeness (QED) is 0.354. The molecule has 0 aliphatic carbocycles. The molecule has 0 N–H and O–H groups in total. The molecule has 2 atom stereocenters. The number of hydrogen-bond donors (Lipinski definition) is 0. The second-order valence-electron chi connectivity index (χ2n) is 6.89. The van der Waals surface area contributed by atoms with Crippen LogP contribution in [0.4, 0.5) is 0 Å². The minimum absolute atomic E-state index is 0.573. The molecule has 110 valence electrons. The molecule has 0 aliphatic rings. The molecule has 2 unspecified atom stereocenters. The van der Waals surface area contributed by atoms with Gasteiger partial charge < -0.3 is 0 Å². The lowest BCUT2D eigenvalue weighted by atomic mass is 9.68. The van der Waals surface area contributed by atoms with Gasteiger partial charge in [0, 0.05) is 0 Å². The van der Waals surface area contributed by atoms with Gasteiger partial charge in [-0.25, -0.2) is 0 Å². The predicted molar refractivity (Wildman–Crippen MR) is 85.0 cm³/mol. The van der Waals surface area contributed by atoms with Crippen molar-refractivity contribution in [1.29, 1.82) is 0 Å². The van der Waals surface area contributed by atoms with Gasteiger partial charge in [-0.3, -0.25) is 0 Å². The van der Waals surface area contributed by atoms with E-state index in [4.69, 9.17) is 0 Å². The molecule has 0 heteroatoms. The van der Waals surface area contributed by atoms with Gasteiger partial charge in [-0.2, -0.15) is 0 Å². The first-order valence-electron chi connectivity index (χ1n) is 8.50. The van der Waals surface area contributed by atoms with E-state index in [-0.39, 0.29) is 0 Å². The second kappa shape index (κ2) is 9.87. The van der Waals surface area contributed by atoms with E-state index < -0.39 is 0 Å². The highest BCUT2D eigenvalue weighted by atomic mass is 14.3. The molecule has 0 bridgehead atoms. The van der Waals surface area contributed by atoms with Crippen LogP contribution in [0.1, 0.15) is 99.3 Å². The van der Waals surface area contributed by atoms with Crippen LogP contribution in [-0.4, -0.2) is 0 Å². The number of rotatable bonds is 11. The molecular weight excluding hydrogens is 216 g/mol. The first kappa shape index (κ1) is 18.0. The van der Waals surface area contributed by atoms with Crippen molar-refractivity contribution in [1.82, 2.24) is 0 Å². The first-order valence-corrected chi connectivity index (χ1v) is 8.50. The van der Waals surface area contributed by atoms with Crippen molar-refractivity contribution < 1.29 is 0 Å². The molecule has 0 heterocycles. The van der Waals surface area contributed by atoms with E-state index in [1.165, 1.54) is 57.8 Å². The molecule has 0 fully saturated rings. The van der Waals surface area contributed by atoms with E-state index in [0.29, 0.717) is 5.41 Å². The van der Waals surface area contributed by atoms with E-state index in [1.54, 1.807) is 0 Å². The van der Waals surface area contributed by atoms with Crippen LogP contribution in [-0.2, 0) is 0 Å². The van der Waals surface area contributed by atoms with E-state index in [9.17, 15) is 0 Å². The average molecular weight is 255 g/mol. The van der Waals surface area contributed by atoms with Gasteiger partial charge in [-0.05, 0) is 30.1 Å². The van der Waals surface area contributed by atoms with Crippen LogP contribution in [0.15, 0.2) is 0 Å². The van der Waals surface area contributed by atoms with Crippen LogP contribution in [0, 0.1) is 17.3 Å². The second-order valence-corrected chi connectivity index (χ2v) is 6.89. The summed E-state index contributed by atoms with van der Waals surface area (Å²) in [7, 11) is 0. The lowest BCUT2D eigenvalue weighted by Gasteiger charge is -2.37. The molecule has 0 amide bonds. The molecule has 18 heavy (non-hydrogen) atoms. The zero-order chi connectivity index (χ0) is 14.0. The third-order valence-electron chi connectivity index (χ3n) is 5.04. The van der Waals surface area contributed by atoms with Crippen LogP contribution < -0.4 is 0 Å². The Labute approximate surface area is 117 Å². The van der Waals surface area contributed by atoms with E-state index in [1.807, 2.05) is 0 Å². The molecule has 0 aliphatic heterocycles. The minimum atomic E-state index is 0.573. The summed E-state index contributed by atoms with van der Waals surface area (Å²) >= 11 is 0. The fraction of sp³-hybridized carbons (Fsp3) is 1.00. The largest absolute Gasteiger partial charge is 0.0654 e. The molecule has 0 aromatic carbocycles. The maximum Gasteiger partial charge on any atom is -0.0300 e. The van der Waals surface area contributed by atoms with E-state index >= 15 is 0 Å². The van der Waals surface area contributed by atoms with Crippen molar-refractivity contribution in [3.63, 3.8) is 0 Å². The smallest absolute Gasteiger partial charge is 0.0300 e. The fourth-order valence-electron chi connectivity index (χ4n) is 3.01. The van der Waals surface area contributed by atoms with Gasteiger partial charge in [0.15, 0.2) is 0 Å². The zero-order valence-corrected chi connectivity index (χ0v) is 14.0. The normalized spacial score (nSPS) is 16.8. The van der Waals surface area contributed by atoms with Crippen LogP contribution >= 0.6 is 0 Å². The Bertz CT molecular complexity index is 182. The summed E-state index contributed by atoms with van der Waals surface area (Å²) in [6, 6.07) is 0. The predicted octanol–water partition coefficient (Wildman–Crippen LogP) is 6.84.